The number of hydrogen-bond acceptors (Lipinski definition) is 3. The maximum atomic E-state index is 13.2. The molecule has 86 valence electrons. The fourth-order valence-corrected chi connectivity index (χ4v) is 1.21. The van der Waals surface area contributed by atoms with Crippen LogP contribution in [0.1, 0.15) is 0 Å². The first-order valence-electron chi connectivity index (χ1n) is 4.84. The molecule has 1 unspecified atom stereocenters. The molecule has 0 aromatic heterocycles. The van der Waals surface area contributed by atoms with E-state index in [2.05, 4.69) is 10.6 Å². The zero-order valence-corrected chi connectivity index (χ0v) is 8.87. The Labute approximate surface area is 92.8 Å². The highest BCUT2D eigenvalue weighted by Gasteiger charge is 2.17. The molecule has 0 bridgehead atoms. The third-order valence-corrected chi connectivity index (χ3v) is 2.06. The van der Waals surface area contributed by atoms with E-state index in [-0.39, 0.29) is 12.2 Å². The van der Waals surface area contributed by atoms with Gasteiger partial charge in [0.1, 0.15) is 18.0 Å². The lowest BCUT2D eigenvalue weighted by Crippen LogP contribution is -2.32. The molecule has 1 aromatic carbocycles. The number of halogens is 1. The van der Waals surface area contributed by atoms with Crippen LogP contribution in [0.3, 0.4) is 0 Å². The highest BCUT2D eigenvalue weighted by atomic mass is 19.1. The van der Waals surface area contributed by atoms with Gasteiger partial charge in [-0.2, -0.15) is 0 Å². The molecule has 1 atom stereocenters. The molecule has 0 aliphatic heterocycles. The van der Waals surface area contributed by atoms with Crippen LogP contribution in [0, 0.1) is 11.7 Å². The second kappa shape index (κ2) is 5.97. The van der Waals surface area contributed by atoms with E-state index in [0.29, 0.717) is 6.29 Å². The van der Waals surface area contributed by atoms with E-state index in [1.165, 1.54) is 18.2 Å². The van der Waals surface area contributed by atoms with Gasteiger partial charge in [0.25, 0.3) is 0 Å². The van der Waals surface area contributed by atoms with Crippen molar-refractivity contribution in [2.24, 2.45) is 5.92 Å². The lowest BCUT2D eigenvalue weighted by molar-refractivity contribution is -0.124. The zero-order valence-electron chi connectivity index (χ0n) is 8.87. The molecule has 5 heteroatoms. The van der Waals surface area contributed by atoms with E-state index >= 15 is 0 Å². The molecule has 1 rings (SSSR count). The SMILES string of the molecule is CNCC(C=O)C(=O)Nc1ccccc1F. The van der Waals surface area contributed by atoms with Crippen LogP contribution in [0.4, 0.5) is 10.1 Å². The van der Waals surface area contributed by atoms with Gasteiger partial charge in [-0.25, -0.2) is 4.39 Å². The summed E-state index contributed by atoms with van der Waals surface area (Å²) in [4.78, 5) is 22.2. The number of rotatable bonds is 5. The average molecular weight is 224 g/mol. The molecule has 4 nitrogen and oxygen atoms in total. The van der Waals surface area contributed by atoms with Crippen molar-refractivity contribution in [2.75, 3.05) is 18.9 Å². The van der Waals surface area contributed by atoms with Crippen LogP contribution in [-0.2, 0) is 9.59 Å². The molecule has 0 fully saturated rings. The number of nitrogens with one attached hydrogen (secondary N) is 2. The minimum Gasteiger partial charge on any atom is -0.323 e. The minimum atomic E-state index is -0.815. The van der Waals surface area contributed by atoms with Crippen LogP contribution in [0.2, 0.25) is 0 Å². The Balaban J connectivity index is 2.70. The number of anilines is 1. The fraction of sp³-hybridized carbons (Fsp3) is 0.273. The van der Waals surface area contributed by atoms with Crippen LogP contribution < -0.4 is 10.6 Å². The number of aldehydes is 1. The highest BCUT2D eigenvalue weighted by Crippen LogP contribution is 2.13. The predicted molar refractivity (Wildman–Crippen MR) is 58.5 cm³/mol. The summed E-state index contributed by atoms with van der Waals surface area (Å²) in [6, 6.07) is 5.81. The van der Waals surface area contributed by atoms with Gasteiger partial charge in [-0.1, -0.05) is 12.1 Å². The van der Waals surface area contributed by atoms with E-state index in [0.717, 1.165) is 0 Å². The van der Waals surface area contributed by atoms with Gasteiger partial charge in [-0.3, -0.25) is 4.79 Å². The summed E-state index contributed by atoms with van der Waals surface area (Å²) in [5.41, 5.74) is 0.0791. The second-order valence-electron chi connectivity index (χ2n) is 3.27. The van der Waals surface area contributed by atoms with E-state index in [9.17, 15) is 14.0 Å². The van der Waals surface area contributed by atoms with Crippen molar-refractivity contribution in [1.29, 1.82) is 0 Å². The molecular weight excluding hydrogens is 211 g/mol. The molecule has 0 saturated carbocycles. The number of carbonyl (C=O) groups is 2. The van der Waals surface area contributed by atoms with Gasteiger partial charge in [0.15, 0.2) is 0 Å². The Morgan fingerprint density at radius 3 is 2.75 bits per heavy atom. The average Bonchev–Trinajstić information content (AvgIpc) is 2.29. The van der Waals surface area contributed by atoms with Gasteiger partial charge in [0, 0.05) is 6.54 Å². The zero-order chi connectivity index (χ0) is 12.0. The number of para-hydroxylation sites is 1. The van der Waals surface area contributed by atoms with Crippen molar-refractivity contribution in [1.82, 2.24) is 5.32 Å². The summed E-state index contributed by atoms with van der Waals surface area (Å²) in [5, 5.41) is 5.08. The first-order chi connectivity index (χ1) is 7.69. The minimum absolute atomic E-state index is 0.0791. The lowest BCUT2D eigenvalue weighted by Gasteiger charge is -2.10. The molecular formula is C11H13FN2O2. The molecule has 0 aliphatic rings. The third-order valence-electron chi connectivity index (χ3n) is 2.06. The summed E-state index contributed by atoms with van der Waals surface area (Å²) in [6.07, 6.45) is 0.534. The Bertz CT molecular complexity index is 382. The van der Waals surface area contributed by atoms with Crippen LogP contribution in [0.25, 0.3) is 0 Å². The molecule has 16 heavy (non-hydrogen) atoms. The van der Waals surface area contributed by atoms with Crippen molar-refractivity contribution in [3.05, 3.63) is 30.1 Å². The van der Waals surface area contributed by atoms with Crippen LogP contribution in [-0.4, -0.2) is 25.8 Å². The van der Waals surface area contributed by atoms with Gasteiger partial charge in [-0.05, 0) is 19.2 Å². The Morgan fingerprint density at radius 2 is 2.19 bits per heavy atom. The summed E-state index contributed by atoms with van der Waals surface area (Å²) in [6.45, 7) is 0.226. The van der Waals surface area contributed by atoms with Gasteiger partial charge in [0.05, 0.1) is 5.69 Å². The largest absolute Gasteiger partial charge is 0.323 e. The Kier molecular flexibility index (Phi) is 4.60. The maximum absolute atomic E-state index is 13.2. The number of carbonyl (C=O) groups excluding carboxylic acids is 2. The van der Waals surface area contributed by atoms with E-state index in [1.807, 2.05) is 0 Å². The second-order valence-corrected chi connectivity index (χ2v) is 3.27. The van der Waals surface area contributed by atoms with E-state index in [4.69, 9.17) is 0 Å². The molecule has 0 aliphatic carbocycles. The lowest BCUT2D eigenvalue weighted by atomic mass is 10.1. The standard InChI is InChI=1S/C11H13FN2O2/c1-13-6-8(7-15)11(16)14-10-5-3-2-4-9(10)12/h2-5,7-8,13H,6H2,1H3,(H,14,16). The Hall–Kier alpha value is -1.75. The van der Waals surface area contributed by atoms with Gasteiger partial charge in [0.2, 0.25) is 5.91 Å². The molecule has 1 aromatic rings. The summed E-state index contributed by atoms with van der Waals surface area (Å²) in [7, 11) is 1.63. The smallest absolute Gasteiger partial charge is 0.236 e. The molecule has 0 spiro atoms. The monoisotopic (exact) mass is 224 g/mol. The van der Waals surface area contributed by atoms with Crippen molar-refractivity contribution in [3.63, 3.8) is 0 Å². The summed E-state index contributed by atoms with van der Waals surface area (Å²) < 4.78 is 13.2. The van der Waals surface area contributed by atoms with Gasteiger partial charge < -0.3 is 15.4 Å². The third kappa shape index (κ3) is 3.13. The van der Waals surface area contributed by atoms with E-state index < -0.39 is 17.6 Å². The van der Waals surface area contributed by atoms with Gasteiger partial charge in [-0.15, -0.1) is 0 Å². The molecule has 1 amide bonds. The van der Waals surface area contributed by atoms with Gasteiger partial charge >= 0.3 is 0 Å². The topological polar surface area (TPSA) is 58.2 Å². The van der Waals surface area contributed by atoms with Crippen molar-refractivity contribution in [3.8, 4) is 0 Å². The number of benzene rings is 1. The van der Waals surface area contributed by atoms with Crippen LogP contribution in [0.15, 0.2) is 24.3 Å². The molecule has 0 saturated heterocycles. The number of amides is 1. The molecule has 0 radical (unpaired) electrons. The van der Waals surface area contributed by atoms with Crippen molar-refractivity contribution in [2.45, 2.75) is 0 Å². The van der Waals surface area contributed by atoms with E-state index in [1.54, 1.807) is 13.1 Å². The Morgan fingerprint density at radius 1 is 1.50 bits per heavy atom. The molecule has 2 N–H and O–H groups in total. The van der Waals surface area contributed by atoms with Crippen LogP contribution >= 0.6 is 0 Å². The number of hydrogen-bond donors (Lipinski definition) is 2. The maximum Gasteiger partial charge on any atom is 0.236 e. The summed E-state index contributed by atoms with van der Waals surface area (Å²) >= 11 is 0. The highest BCUT2D eigenvalue weighted by molar-refractivity contribution is 6.01. The van der Waals surface area contributed by atoms with Crippen molar-refractivity contribution >= 4 is 17.9 Å². The fourth-order valence-electron chi connectivity index (χ4n) is 1.21. The normalized spacial score (nSPS) is 11.9. The molecule has 0 heterocycles. The first kappa shape index (κ1) is 12.3. The summed E-state index contributed by atoms with van der Waals surface area (Å²) in [5.74, 6) is -1.86. The first-order valence-corrected chi connectivity index (χ1v) is 4.84. The quantitative estimate of drug-likeness (QED) is 0.574. The van der Waals surface area contributed by atoms with Crippen LogP contribution in [0.5, 0.6) is 0 Å². The van der Waals surface area contributed by atoms with Crippen molar-refractivity contribution < 1.29 is 14.0 Å². The predicted octanol–water partition coefficient (Wildman–Crippen LogP) is 0.799.